The zero-order valence-corrected chi connectivity index (χ0v) is 66.0. The first-order chi connectivity index (χ1) is 49.7. The molecule has 5 atom stereocenters. The predicted molar refractivity (Wildman–Crippen MR) is 418 cm³/mol. The third-order valence-corrected chi connectivity index (χ3v) is 18.6. The van der Waals surface area contributed by atoms with E-state index in [2.05, 4.69) is 137 Å². The van der Waals surface area contributed by atoms with Crippen LogP contribution in [0, 0.1) is 0 Å². The first kappa shape index (κ1) is 97.7. The molecule has 0 aromatic carbocycles. The van der Waals surface area contributed by atoms with E-state index in [-0.39, 0.29) is 25.7 Å². The van der Waals surface area contributed by atoms with Crippen LogP contribution in [-0.4, -0.2) is 96.7 Å². The van der Waals surface area contributed by atoms with Crippen molar-refractivity contribution in [1.82, 2.24) is 0 Å². The fraction of sp³-hybridized carbons (Fsp3) is 0.735. The van der Waals surface area contributed by atoms with E-state index in [9.17, 15) is 43.2 Å². The molecule has 0 bridgehead atoms. The van der Waals surface area contributed by atoms with Crippen LogP contribution in [0.5, 0.6) is 0 Å². The van der Waals surface area contributed by atoms with E-state index in [1.165, 1.54) is 89.9 Å². The number of rotatable bonds is 75. The number of esters is 4. The van der Waals surface area contributed by atoms with Crippen molar-refractivity contribution in [2.75, 3.05) is 39.6 Å². The molecule has 102 heavy (non-hydrogen) atoms. The molecule has 588 valence electrons. The Morgan fingerprint density at radius 2 is 0.529 bits per heavy atom. The lowest BCUT2D eigenvalue weighted by molar-refractivity contribution is -0.161. The number of carbonyl (C=O) groups excluding carboxylic acids is 4. The Balaban J connectivity index is 5.38. The maximum Gasteiger partial charge on any atom is 0.472 e. The van der Waals surface area contributed by atoms with E-state index in [4.69, 9.17) is 37.0 Å². The molecule has 0 heterocycles. The first-order valence-corrected chi connectivity index (χ1v) is 43.1. The van der Waals surface area contributed by atoms with Crippen molar-refractivity contribution < 1.29 is 80.2 Å². The van der Waals surface area contributed by atoms with E-state index >= 15 is 0 Å². The molecule has 0 aliphatic heterocycles. The molecule has 19 heteroatoms. The van der Waals surface area contributed by atoms with Crippen LogP contribution in [-0.2, 0) is 65.4 Å². The van der Waals surface area contributed by atoms with Crippen LogP contribution in [0.25, 0.3) is 0 Å². The molecule has 0 aliphatic carbocycles. The van der Waals surface area contributed by atoms with Crippen LogP contribution in [0.3, 0.4) is 0 Å². The molecule has 0 saturated carbocycles. The van der Waals surface area contributed by atoms with Crippen molar-refractivity contribution >= 4 is 39.5 Å². The molecular weight excluding hydrogens is 1330 g/mol. The smallest absolute Gasteiger partial charge is 0.462 e. The minimum Gasteiger partial charge on any atom is -0.462 e. The summed E-state index contributed by atoms with van der Waals surface area (Å²) in [6, 6.07) is 0. The van der Waals surface area contributed by atoms with Crippen molar-refractivity contribution in [3.05, 3.63) is 109 Å². The van der Waals surface area contributed by atoms with Gasteiger partial charge < -0.3 is 33.8 Å². The zero-order valence-electron chi connectivity index (χ0n) is 64.3. The number of aliphatic hydroxyl groups excluding tert-OH is 1. The first-order valence-electron chi connectivity index (χ1n) is 40.1. The molecule has 0 fully saturated rings. The van der Waals surface area contributed by atoms with Gasteiger partial charge in [-0.15, -0.1) is 0 Å². The topological polar surface area (TPSA) is 237 Å². The van der Waals surface area contributed by atoms with Crippen LogP contribution < -0.4 is 0 Å². The summed E-state index contributed by atoms with van der Waals surface area (Å²) in [4.78, 5) is 73.0. The van der Waals surface area contributed by atoms with Crippen LogP contribution in [0.2, 0.25) is 0 Å². The molecule has 0 aromatic heterocycles. The number of aliphatic hydroxyl groups is 1. The summed E-state index contributed by atoms with van der Waals surface area (Å²) in [5.41, 5.74) is 0. The summed E-state index contributed by atoms with van der Waals surface area (Å²) < 4.78 is 68.6. The average Bonchev–Trinajstić information content (AvgIpc) is 0.924. The average molecular weight is 1480 g/mol. The van der Waals surface area contributed by atoms with Gasteiger partial charge >= 0.3 is 39.5 Å². The zero-order chi connectivity index (χ0) is 74.6. The number of phosphoric ester groups is 2. The highest BCUT2D eigenvalue weighted by atomic mass is 31.2. The van der Waals surface area contributed by atoms with E-state index in [0.717, 1.165) is 167 Å². The largest absolute Gasteiger partial charge is 0.472 e. The van der Waals surface area contributed by atoms with E-state index in [1.807, 2.05) is 0 Å². The number of unbranched alkanes of at least 4 members (excludes halogenated alkanes) is 31. The van der Waals surface area contributed by atoms with Gasteiger partial charge in [0.15, 0.2) is 12.2 Å². The van der Waals surface area contributed by atoms with E-state index < -0.39 is 97.5 Å². The van der Waals surface area contributed by atoms with Gasteiger partial charge in [-0.3, -0.25) is 37.3 Å². The molecule has 0 amide bonds. The van der Waals surface area contributed by atoms with Crippen LogP contribution >= 0.6 is 15.6 Å². The summed E-state index contributed by atoms with van der Waals surface area (Å²) in [5.74, 6) is -2.23. The lowest BCUT2D eigenvalue weighted by atomic mass is 10.0. The summed E-state index contributed by atoms with van der Waals surface area (Å²) >= 11 is 0. The molecule has 5 unspecified atom stereocenters. The lowest BCUT2D eigenvalue weighted by Crippen LogP contribution is -2.30. The van der Waals surface area contributed by atoms with Crippen LogP contribution in [0.15, 0.2) is 109 Å². The SMILES string of the molecule is CC/C=C\C/C=C\C/C=C\C/C=C\C/C=C\CCCCCC(=O)OCC(COP(=O)(O)OCC(O)COP(=O)(O)OCC(COC(=O)CCCCCCCCCCCCCCCCC)OC(=O)CCCCCCC/C=C\C/C=C\CCC)OC(=O)CCCCCCC/C=C\C/C=C\CCCCC. The molecule has 0 aliphatic rings. The fourth-order valence-corrected chi connectivity index (χ4v) is 12.2. The molecular formula is C83H144O17P2. The number of allylic oxidation sites excluding steroid dienone is 18. The minimum atomic E-state index is -4.99. The van der Waals surface area contributed by atoms with Gasteiger partial charge in [-0.1, -0.05) is 291 Å². The number of hydrogen-bond acceptors (Lipinski definition) is 15. The van der Waals surface area contributed by atoms with Crippen molar-refractivity contribution in [2.45, 2.75) is 354 Å². The van der Waals surface area contributed by atoms with Crippen LogP contribution in [0.4, 0.5) is 0 Å². The van der Waals surface area contributed by atoms with Gasteiger partial charge in [0.25, 0.3) is 0 Å². The van der Waals surface area contributed by atoms with Gasteiger partial charge in [0.1, 0.15) is 19.3 Å². The quantitative estimate of drug-likeness (QED) is 0.0169. The lowest BCUT2D eigenvalue weighted by Gasteiger charge is -2.21. The molecule has 0 saturated heterocycles. The van der Waals surface area contributed by atoms with E-state index in [0.29, 0.717) is 25.7 Å². The maximum atomic E-state index is 13.1. The van der Waals surface area contributed by atoms with Gasteiger partial charge in [-0.25, -0.2) is 9.13 Å². The normalized spacial score (nSPS) is 14.5. The van der Waals surface area contributed by atoms with Gasteiger partial charge in [0.2, 0.25) is 0 Å². The number of phosphoric acid groups is 2. The van der Waals surface area contributed by atoms with Crippen molar-refractivity contribution in [2.24, 2.45) is 0 Å². The monoisotopic (exact) mass is 1470 g/mol. The standard InChI is InChI=1S/C83H144O17P2/c1-5-9-13-17-21-25-29-33-36-37-38-39-42-45-48-52-56-60-64-68-81(86)94-74-79(100-83(88)70-66-62-58-54-50-46-41-35-31-27-23-19-15-11-7-3)76-98-102(91,92)96-72-77(84)71-95-101(89,90)97-75-78(99-82(87)69-65-61-57-53-49-43-32-28-24-20-16-12-8-4)73-93-80(85)67-63-59-55-51-47-44-40-34-30-26-22-18-14-10-6-2/h9,13,16,20-21,23,25,27-28,32-33,35-36,38-39,41,45,48,77-79,84H,5-8,10-12,14-15,17-19,22,24,26,29-31,34,37,40,42-44,46-47,49-76H2,1-4H3,(H,89,90)(H,91,92)/b13-9-,20-16-,25-21-,27-23-,32-28-,36-33-,39-38-,41-35-,48-45-. The molecule has 0 rings (SSSR count). The Hall–Kier alpha value is -4.28. The second-order valence-corrected chi connectivity index (χ2v) is 29.5. The maximum absolute atomic E-state index is 13.1. The fourth-order valence-electron chi connectivity index (χ4n) is 10.6. The summed E-state index contributed by atoms with van der Waals surface area (Å²) in [7, 11) is -9.97. The Morgan fingerprint density at radius 3 is 0.853 bits per heavy atom. The number of ether oxygens (including phenoxy) is 4. The Labute approximate surface area is 619 Å². The molecule has 3 N–H and O–H groups in total. The molecule has 0 spiro atoms. The Bertz CT molecular complexity index is 2360. The van der Waals surface area contributed by atoms with Gasteiger partial charge in [0, 0.05) is 25.7 Å². The highest BCUT2D eigenvalue weighted by Gasteiger charge is 2.30. The Kier molecular flexibility index (Phi) is 71.8. The molecule has 17 nitrogen and oxygen atoms in total. The van der Waals surface area contributed by atoms with Crippen LogP contribution in [0.1, 0.15) is 336 Å². The van der Waals surface area contributed by atoms with Gasteiger partial charge in [0.05, 0.1) is 26.4 Å². The van der Waals surface area contributed by atoms with Crippen molar-refractivity contribution in [1.29, 1.82) is 0 Å². The van der Waals surface area contributed by atoms with E-state index in [1.54, 1.807) is 0 Å². The summed E-state index contributed by atoms with van der Waals surface area (Å²) in [5, 5.41) is 10.6. The summed E-state index contributed by atoms with van der Waals surface area (Å²) in [6.45, 7) is 4.64. The molecule has 0 aromatic rings. The number of hydrogen-bond donors (Lipinski definition) is 3. The third kappa shape index (κ3) is 74.0. The second kappa shape index (κ2) is 75.0. The van der Waals surface area contributed by atoms with Crippen molar-refractivity contribution in [3.8, 4) is 0 Å². The van der Waals surface area contributed by atoms with Gasteiger partial charge in [-0.2, -0.15) is 0 Å². The minimum absolute atomic E-state index is 0.0700. The summed E-state index contributed by atoms with van der Waals surface area (Å²) in [6.07, 6.45) is 80.6. The Morgan fingerprint density at radius 1 is 0.284 bits per heavy atom. The van der Waals surface area contributed by atoms with Gasteiger partial charge in [-0.05, 0) is 128 Å². The predicted octanol–water partition coefficient (Wildman–Crippen LogP) is 23.3. The highest BCUT2D eigenvalue weighted by molar-refractivity contribution is 7.47. The number of carbonyl (C=O) groups is 4. The molecule has 0 radical (unpaired) electrons. The van der Waals surface area contributed by atoms with Crippen molar-refractivity contribution in [3.63, 3.8) is 0 Å². The highest BCUT2D eigenvalue weighted by Crippen LogP contribution is 2.45. The second-order valence-electron chi connectivity index (χ2n) is 26.6. The third-order valence-electron chi connectivity index (χ3n) is 16.7.